The second-order valence-corrected chi connectivity index (χ2v) is 8.42. The fourth-order valence-corrected chi connectivity index (χ4v) is 4.67. The first kappa shape index (κ1) is 25.2. The molecule has 0 spiro atoms. The number of hydrogen-bond acceptors (Lipinski definition) is 5. The van der Waals surface area contributed by atoms with Crippen LogP contribution < -0.4 is 4.74 Å². The smallest absolute Gasteiger partial charge is 0.416 e. The van der Waals surface area contributed by atoms with Crippen molar-refractivity contribution in [1.29, 1.82) is 0 Å². The Morgan fingerprint density at radius 1 is 1.11 bits per heavy atom. The molecule has 1 amide bonds. The number of benzene rings is 2. The number of rotatable bonds is 5. The van der Waals surface area contributed by atoms with Crippen LogP contribution in [0.5, 0.6) is 5.75 Å². The summed E-state index contributed by atoms with van der Waals surface area (Å²) in [6, 6.07) is 12.2. The molecule has 3 aromatic rings. The van der Waals surface area contributed by atoms with Gasteiger partial charge in [-0.3, -0.25) is 9.89 Å². The van der Waals surface area contributed by atoms with Crippen molar-refractivity contribution >= 4 is 18.0 Å². The molecule has 1 aromatic heterocycles. The Labute approximate surface area is 210 Å². The van der Waals surface area contributed by atoms with Gasteiger partial charge in [0.25, 0.3) is 0 Å². The molecule has 1 fully saturated rings. The molecule has 36 heavy (non-hydrogen) atoms. The Bertz CT molecular complexity index is 1280. The molecule has 7 nitrogen and oxygen atoms in total. The first-order chi connectivity index (χ1) is 17.5. The van der Waals surface area contributed by atoms with E-state index in [2.05, 4.69) is 9.98 Å². The number of amides is 1. The van der Waals surface area contributed by atoms with Gasteiger partial charge in [0.1, 0.15) is 17.4 Å². The number of carbonyl (C=O) groups excluding carboxylic acids is 1. The summed E-state index contributed by atoms with van der Waals surface area (Å²) in [6.45, 7) is 6.81. The highest BCUT2D eigenvalue weighted by Gasteiger charge is 2.48. The zero-order chi connectivity index (χ0) is 25.7. The van der Waals surface area contributed by atoms with Crippen LogP contribution in [0.25, 0.3) is 11.8 Å². The average Bonchev–Trinajstić information content (AvgIpc) is 3.34. The van der Waals surface area contributed by atoms with E-state index in [-0.39, 0.29) is 5.82 Å². The number of nitrogens with zero attached hydrogens (tertiary/aromatic N) is 4. The number of methoxy groups -OCH3 is 1. The number of aliphatic imine (C=N–C) groups is 1. The van der Waals surface area contributed by atoms with Crippen LogP contribution in [0.15, 0.2) is 66.1 Å². The summed E-state index contributed by atoms with van der Waals surface area (Å²) >= 11 is 0. The summed E-state index contributed by atoms with van der Waals surface area (Å²) in [4.78, 5) is 23.4. The van der Waals surface area contributed by atoms with Crippen molar-refractivity contribution in [2.75, 3.05) is 20.3 Å². The third kappa shape index (κ3) is 4.76. The summed E-state index contributed by atoms with van der Waals surface area (Å²) in [5, 5.41) is 0. The van der Waals surface area contributed by atoms with E-state index in [1.807, 2.05) is 61.9 Å². The van der Waals surface area contributed by atoms with Gasteiger partial charge < -0.3 is 14.0 Å². The lowest BCUT2D eigenvalue weighted by Gasteiger charge is -2.48. The highest BCUT2D eigenvalue weighted by molar-refractivity contribution is 6.06. The van der Waals surface area contributed by atoms with E-state index >= 15 is 0 Å². The van der Waals surface area contributed by atoms with Gasteiger partial charge in [-0.1, -0.05) is 38.1 Å². The number of cyclic esters (lactones) is 1. The van der Waals surface area contributed by atoms with Crippen LogP contribution in [-0.4, -0.2) is 46.6 Å². The predicted octanol–water partition coefficient (Wildman–Crippen LogP) is 5.91. The zero-order valence-corrected chi connectivity index (χ0v) is 21.1. The molecule has 1 unspecified atom stereocenters. The quantitative estimate of drug-likeness (QED) is 0.446. The van der Waals surface area contributed by atoms with Gasteiger partial charge in [-0.25, -0.2) is 14.2 Å². The molecular weight excluding hydrogens is 459 g/mol. The Hall–Kier alpha value is -3.94. The summed E-state index contributed by atoms with van der Waals surface area (Å²) in [6.07, 6.45) is 8.22. The van der Waals surface area contributed by atoms with Gasteiger partial charge in [-0.15, -0.1) is 0 Å². The van der Waals surface area contributed by atoms with Crippen LogP contribution in [0.3, 0.4) is 0 Å². The largest absolute Gasteiger partial charge is 0.495 e. The van der Waals surface area contributed by atoms with Gasteiger partial charge in [0.05, 0.1) is 37.0 Å². The van der Waals surface area contributed by atoms with E-state index in [4.69, 9.17) is 9.47 Å². The third-order valence-corrected chi connectivity index (χ3v) is 6.38. The first-order valence-corrected chi connectivity index (χ1v) is 12.1. The van der Waals surface area contributed by atoms with Gasteiger partial charge in [-0.05, 0) is 54.8 Å². The standard InChI is InChI=1S/C26H25FN4O3.C2H6/c1-18-16-30(17-29-18)22-9-3-19(15-23(22)33-2)4-10-24-28-13-11-26(12-14-34-25(32)31(24)26)20-5-7-21(27)8-6-20;1-2/h3-10,15-17H,11-14H2,1-2H3;1-2H3/b10-4+;. The molecule has 2 aromatic carbocycles. The highest BCUT2D eigenvalue weighted by Crippen LogP contribution is 2.41. The van der Waals surface area contributed by atoms with Crippen LogP contribution >= 0.6 is 0 Å². The second kappa shape index (κ2) is 10.8. The van der Waals surface area contributed by atoms with Crippen LogP contribution in [0.4, 0.5) is 9.18 Å². The number of halogens is 1. The molecule has 2 aliphatic rings. The highest BCUT2D eigenvalue weighted by atomic mass is 19.1. The summed E-state index contributed by atoms with van der Waals surface area (Å²) < 4.78 is 26.5. The molecular formula is C28H31FN4O3. The Morgan fingerprint density at radius 2 is 1.89 bits per heavy atom. The maximum absolute atomic E-state index is 13.6. The van der Waals surface area contributed by atoms with Gasteiger partial charge >= 0.3 is 6.09 Å². The number of ether oxygens (including phenoxy) is 2. The second-order valence-electron chi connectivity index (χ2n) is 8.42. The summed E-state index contributed by atoms with van der Waals surface area (Å²) in [7, 11) is 1.63. The normalized spacial score (nSPS) is 19.2. The molecule has 188 valence electrons. The van der Waals surface area contributed by atoms with Crippen molar-refractivity contribution in [2.45, 2.75) is 39.2 Å². The minimum absolute atomic E-state index is 0.307. The summed E-state index contributed by atoms with van der Waals surface area (Å²) in [5.74, 6) is 0.912. The maximum atomic E-state index is 13.6. The Kier molecular flexibility index (Phi) is 7.52. The minimum atomic E-state index is -0.606. The number of hydrogen-bond donors (Lipinski definition) is 0. The van der Waals surface area contributed by atoms with E-state index < -0.39 is 11.6 Å². The van der Waals surface area contributed by atoms with E-state index in [9.17, 15) is 9.18 Å². The van der Waals surface area contributed by atoms with Crippen molar-refractivity contribution in [3.05, 3.63) is 83.7 Å². The van der Waals surface area contributed by atoms with Gasteiger partial charge in [0.2, 0.25) is 0 Å². The molecule has 0 N–H and O–H groups in total. The molecule has 1 saturated heterocycles. The monoisotopic (exact) mass is 490 g/mol. The summed E-state index contributed by atoms with van der Waals surface area (Å²) in [5.41, 5.74) is 2.96. The van der Waals surface area contributed by atoms with E-state index in [0.29, 0.717) is 37.6 Å². The average molecular weight is 491 g/mol. The molecule has 8 heteroatoms. The van der Waals surface area contributed by atoms with E-state index in [1.54, 1.807) is 30.5 Å². The number of imidazole rings is 1. The first-order valence-electron chi connectivity index (χ1n) is 12.1. The topological polar surface area (TPSA) is 69.0 Å². The predicted molar refractivity (Wildman–Crippen MR) is 138 cm³/mol. The molecule has 2 aliphatic heterocycles. The number of aryl methyl sites for hydroxylation is 1. The molecule has 5 rings (SSSR count). The van der Waals surface area contributed by atoms with Crippen molar-refractivity contribution in [2.24, 2.45) is 4.99 Å². The molecule has 3 heterocycles. The molecule has 0 aliphatic carbocycles. The number of aromatic nitrogens is 2. The minimum Gasteiger partial charge on any atom is -0.495 e. The van der Waals surface area contributed by atoms with Crippen LogP contribution in [0, 0.1) is 12.7 Å². The van der Waals surface area contributed by atoms with Crippen LogP contribution in [-0.2, 0) is 10.3 Å². The third-order valence-electron chi connectivity index (χ3n) is 6.38. The lowest BCUT2D eigenvalue weighted by Crippen LogP contribution is -2.58. The number of fused-ring (bicyclic) bond motifs is 1. The van der Waals surface area contributed by atoms with Gasteiger partial charge in [-0.2, -0.15) is 0 Å². The van der Waals surface area contributed by atoms with Crippen molar-refractivity contribution < 1.29 is 18.7 Å². The van der Waals surface area contributed by atoms with Gasteiger partial charge in [0.15, 0.2) is 0 Å². The van der Waals surface area contributed by atoms with Crippen LogP contribution in [0.2, 0.25) is 0 Å². The Morgan fingerprint density at radius 3 is 2.58 bits per heavy atom. The number of carbonyl (C=O) groups is 1. The SMILES string of the molecule is CC.COc1cc(/C=C/C2=NCCC3(c4ccc(F)cc4)CCOC(=O)N23)ccc1-n1cnc(C)c1. The molecule has 0 radical (unpaired) electrons. The Balaban J connectivity index is 0.00000148. The van der Waals surface area contributed by atoms with E-state index in [0.717, 1.165) is 22.5 Å². The van der Waals surface area contributed by atoms with E-state index in [1.165, 1.54) is 12.1 Å². The zero-order valence-electron chi connectivity index (χ0n) is 21.1. The van der Waals surface area contributed by atoms with Crippen molar-refractivity contribution in [1.82, 2.24) is 14.5 Å². The lowest BCUT2D eigenvalue weighted by atomic mass is 9.80. The van der Waals surface area contributed by atoms with Crippen LogP contribution in [0.1, 0.15) is 43.5 Å². The fraction of sp³-hybridized carbons (Fsp3) is 0.321. The maximum Gasteiger partial charge on any atom is 0.416 e. The number of amidine groups is 1. The molecule has 1 atom stereocenters. The lowest BCUT2D eigenvalue weighted by molar-refractivity contribution is 0.0217. The van der Waals surface area contributed by atoms with Crippen molar-refractivity contribution in [3.63, 3.8) is 0 Å². The van der Waals surface area contributed by atoms with Crippen molar-refractivity contribution in [3.8, 4) is 11.4 Å². The van der Waals surface area contributed by atoms with Gasteiger partial charge in [0, 0.05) is 19.2 Å². The fourth-order valence-electron chi connectivity index (χ4n) is 4.67. The molecule has 0 bridgehead atoms. The molecule has 0 saturated carbocycles.